The van der Waals surface area contributed by atoms with Gasteiger partial charge in [0, 0.05) is 38.2 Å². The van der Waals surface area contributed by atoms with Crippen molar-refractivity contribution in [2.45, 2.75) is 38.5 Å². The topological polar surface area (TPSA) is 74.8 Å². The van der Waals surface area contributed by atoms with Crippen LogP contribution in [0.2, 0.25) is 0 Å². The number of amides is 1. The number of unbranched alkanes of at least 4 members (excludes halogenated alkanes) is 1. The summed E-state index contributed by atoms with van der Waals surface area (Å²) in [4.78, 5) is 16.3. The SMILES string of the molecule is CCCCOc1ccc(CCNC(=NC)NCC2CC(=O)Nc3ccccc32)cc1.I. The first-order valence-corrected chi connectivity index (χ1v) is 10.7. The molecule has 0 bridgehead atoms. The van der Waals surface area contributed by atoms with Crippen molar-refractivity contribution in [3.8, 4) is 5.75 Å². The molecule has 1 atom stereocenters. The molecule has 0 saturated carbocycles. The second-order valence-corrected chi connectivity index (χ2v) is 7.51. The van der Waals surface area contributed by atoms with Crippen LogP contribution in [0.5, 0.6) is 5.75 Å². The van der Waals surface area contributed by atoms with Gasteiger partial charge >= 0.3 is 0 Å². The number of halogens is 1. The average Bonchev–Trinajstić information content (AvgIpc) is 2.77. The standard InChI is InChI=1S/C24H32N4O2.HI/c1-3-4-15-30-20-11-9-18(10-12-20)13-14-26-24(25-2)27-17-19-16-23(29)28-22-8-6-5-7-21(19)22;/h5-12,19H,3-4,13-17H2,1-2H3,(H,28,29)(H2,25,26,27);1H. The third-order valence-corrected chi connectivity index (χ3v) is 5.24. The summed E-state index contributed by atoms with van der Waals surface area (Å²) in [7, 11) is 1.76. The van der Waals surface area contributed by atoms with E-state index in [-0.39, 0.29) is 35.8 Å². The molecule has 31 heavy (non-hydrogen) atoms. The Morgan fingerprint density at radius 3 is 2.68 bits per heavy atom. The lowest BCUT2D eigenvalue weighted by Crippen LogP contribution is -2.41. The van der Waals surface area contributed by atoms with Gasteiger partial charge in [0.25, 0.3) is 0 Å². The highest BCUT2D eigenvalue weighted by molar-refractivity contribution is 14.0. The maximum Gasteiger partial charge on any atom is 0.225 e. The molecule has 168 valence electrons. The second kappa shape index (κ2) is 13.2. The summed E-state index contributed by atoms with van der Waals surface area (Å²) in [5.74, 6) is 1.87. The molecule has 6 nitrogen and oxygen atoms in total. The summed E-state index contributed by atoms with van der Waals surface area (Å²) in [5, 5.41) is 9.66. The number of aliphatic imine (C=N–C) groups is 1. The first kappa shape index (κ1) is 25.0. The number of ether oxygens (including phenoxy) is 1. The fourth-order valence-corrected chi connectivity index (χ4v) is 3.54. The Labute approximate surface area is 202 Å². The first-order valence-electron chi connectivity index (χ1n) is 10.7. The monoisotopic (exact) mass is 536 g/mol. The van der Waals surface area contributed by atoms with E-state index in [1.54, 1.807) is 7.05 Å². The summed E-state index contributed by atoms with van der Waals surface area (Å²) in [6, 6.07) is 16.3. The van der Waals surface area contributed by atoms with Gasteiger partial charge in [-0.05, 0) is 42.2 Å². The quantitative estimate of drug-likeness (QED) is 0.193. The van der Waals surface area contributed by atoms with Gasteiger partial charge in [-0.2, -0.15) is 0 Å². The van der Waals surface area contributed by atoms with Crippen molar-refractivity contribution in [2.24, 2.45) is 4.99 Å². The Bertz CT molecular complexity index is 855. The molecule has 7 heteroatoms. The highest BCUT2D eigenvalue weighted by Gasteiger charge is 2.24. The van der Waals surface area contributed by atoms with Crippen LogP contribution in [0.3, 0.4) is 0 Å². The summed E-state index contributed by atoms with van der Waals surface area (Å²) >= 11 is 0. The van der Waals surface area contributed by atoms with Crippen LogP contribution in [0, 0.1) is 0 Å². The number of nitrogens with one attached hydrogen (secondary N) is 3. The molecule has 1 unspecified atom stereocenters. The lowest BCUT2D eigenvalue weighted by molar-refractivity contribution is -0.116. The second-order valence-electron chi connectivity index (χ2n) is 7.51. The predicted molar refractivity (Wildman–Crippen MR) is 138 cm³/mol. The molecule has 1 heterocycles. The van der Waals surface area contributed by atoms with E-state index in [9.17, 15) is 4.79 Å². The van der Waals surface area contributed by atoms with E-state index < -0.39 is 0 Å². The van der Waals surface area contributed by atoms with Gasteiger partial charge in [-0.3, -0.25) is 9.79 Å². The Hall–Kier alpha value is -2.29. The lowest BCUT2D eigenvalue weighted by Gasteiger charge is -2.26. The van der Waals surface area contributed by atoms with Crippen LogP contribution in [-0.2, 0) is 11.2 Å². The van der Waals surface area contributed by atoms with Crippen LogP contribution in [0.15, 0.2) is 53.5 Å². The number of hydrogen-bond donors (Lipinski definition) is 3. The third kappa shape index (κ3) is 7.72. The number of carbonyl (C=O) groups is 1. The number of rotatable bonds is 9. The zero-order valence-corrected chi connectivity index (χ0v) is 20.6. The van der Waals surface area contributed by atoms with E-state index in [0.717, 1.165) is 49.8 Å². The summed E-state index contributed by atoms with van der Waals surface area (Å²) in [6.07, 6.45) is 3.59. The maximum atomic E-state index is 12.0. The number of anilines is 1. The molecule has 1 aliphatic rings. The van der Waals surface area contributed by atoms with Gasteiger partial charge in [0.05, 0.1) is 6.61 Å². The van der Waals surface area contributed by atoms with Crippen molar-refractivity contribution >= 4 is 41.5 Å². The first-order chi connectivity index (χ1) is 14.7. The predicted octanol–water partition coefficient (Wildman–Crippen LogP) is 4.32. The minimum atomic E-state index is 0. The van der Waals surface area contributed by atoms with Gasteiger partial charge in [-0.15, -0.1) is 24.0 Å². The van der Waals surface area contributed by atoms with Gasteiger partial charge in [0.1, 0.15) is 5.75 Å². The summed E-state index contributed by atoms with van der Waals surface area (Å²) in [5.41, 5.74) is 3.32. The van der Waals surface area contributed by atoms with Crippen molar-refractivity contribution in [3.05, 3.63) is 59.7 Å². The van der Waals surface area contributed by atoms with Crippen LogP contribution in [0.1, 0.15) is 43.2 Å². The fourth-order valence-electron chi connectivity index (χ4n) is 3.54. The molecule has 0 saturated heterocycles. The molecule has 3 N–H and O–H groups in total. The van der Waals surface area contributed by atoms with Gasteiger partial charge in [-0.1, -0.05) is 43.7 Å². The van der Waals surface area contributed by atoms with Crippen molar-refractivity contribution in [2.75, 3.05) is 32.1 Å². The lowest BCUT2D eigenvalue weighted by atomic mass is 9.90. The highest BCUT2D eigenvalue weighted by Crippen LogP contribution is 2.31. The van der Waals surface area contributed by atoms with E-state index in [0.29, 0.717) is 13.0 Å². The number of hydrogen-bond acceptors (Lipinski definition) is 3. The van der Waals surface area contributed by atoms with E-state index in [1.165, 1.54) is 11.1 Å². The zero-order valence-electron chi connectivity index (χ0n) is 18.3. The van der Waals surface area contributed by atoms with Gasteiger partial charge in [-0.25, -0.2) is 0 Å². The number of carbonyl (C=O) groups excluding carboxylic acids is 1. The van der Waals surface area contributed by atoms with E-state index in [2.05, 4.69) is 46.1 Å². The molecule has 1 aliphatic heterocycles. The summed E-state index contributed by atoms with van der Waals surface area (Å²) < 4.78 is 5.71. The molecule has 0 aromatic heterocycles. The van der Waals surface area contributed by atoms with Crippen LogP contribution in [0.25, 0.3) is 0 Å². The molecule has 2 aromatic carbocycles. The Morgan fingerprint density at radius 1 is 1.16 bits per heavy atom. The maximum absolute atomic E-state index is 12.0. The van der Waals surface area contributed by atoms with Crippen molar-refractivity contribution in [3.63, 3.8) is 0 Å². The fraction of sp³-hybridized carbons (Fsp3) is 0.417. The smallest absolute Gasteiger partial charge is 0.225 e. The Morgan fingerprint density at radius 2 is 1.94 bits per heavy atom. The number of nitrogens with zero attached hydrogens (tertiary/aromatic N) is 1. The minimum Gasteiger partial charge on any atom is -0.494 e. The molecule has 0 radical (unpaired) electrons. The van der Waals surface area contributed by atoms with Crippen molar-refractivity contribution in [1.29, 1.82) is 0 Å². The molecule has 2 aromatic rings. The number of guanidine groups is 1. The molecule has 0 spiro atoms. The number of fused-ring (bicyclic) bond motifs is 1. The van der Waals surface area contributed by atoms with Crippen LogP contribution in [-0.4, -0.2) is 38.6 Å². The number of benzene rings is 2. The van der Waals surface area contributed by atoms with Gasteiger partial charge in [0.15, 0.2) is 5.96 Å². The minimum absolute atomic E-state index is 0. The summed E-state index contributed by atoms with van der Waals surface area (Å²) in [6.45, 7) is 4.37. The average molecular weight is 536 g/mol. The molecular weight excluding hydrogens is 503 g/mol. The Balaban J connectivity index is 0.00000341. The van der Waals surface area contributed by atoms with E-state index in [1.807, 2.05) is 30.3 Å². The zero-order chi connectivity index (χ0) is 21.2. The molecule has 0 fully saturated rings. The van der Waals surface area contributed by atoms with Crippen LogP contribution < -0.4 is 20.7 Å². The molecule has 0 aliphatic carbocycles. The van der Waals surface area contributed by atoms with Crippen molar-refractivity contribution in [1.82, 2.24) is 10.6 Å². The molecule has 1 amide bonds. The van der Waals surface area contributed by atoms with Crippen LogP contribution >= 0.6 is 24.0 Å². The molecule has 3 rings (SSSR count). The molecular formula is C24H33IN4O2. The normalized spacial score (nSPS) is 15.4. The van der Waals surface area contributed by atoms with E-state index >= 15 is 0 Å². The third-order valence-electron chi connectivity index (χ3n) is 5.24. The largest absolute Gasteiger partial charge is 0.494 e. The van der Waals surface area contributed by atoms with E-state index in [4.69, 9.17) is 4.74 Å². The highest BCUT2D eigenvalue weighted by atomic mass is 127. The van der Waals surface area contributed by atoms with Crippen molar-refractivity contribution < 1.29 is 9.53 Å². The van der Waals surface area contributed by atoms with Crippen LogP contribution in [0.4, 0.5) is 5.69 Å². The Kier molecular flexibility index (Phi) is 10.6. The van der Waals surface area contributed by atoms with Gasteiger partial charge < -0.3 is 20.7 Å². The number of para-hydroxylation sites is 1. The van der Waals surface area contributed by atoms with Gasteiger partial charge in [0.2, 0.25) is 5.91 Å².